The van der Waals surface area contributed by atoms with E-state index in [0.29, 0.717) is 32.1 Å². The normalized spacial score (nSPS) is 20.1. The van der Waals surface area contributed by atoms with Crippen molar-refractivity contribution in [2.24, 2.45) is 0 Å². The topological polar surface area (TPSA) is 53.5 Å². The highest BCUT2D eigenvalue weighted by atomic mass is 32.2. The van der Waals surface area contributed by atoms with Gasteiger partial charge in [-0.05, 0) is 86.0 Å². The maximum Gasteiger partial charge on any atom is 0.446 e. The number of hydrogen-bond acceptors (Lipinski definition) is 7. The Balaban J connectivity index is 1.08. The number of anilines is 3. The van der Waals surface area contributed by atoms with E-state index < -0.39 is 17.2 Å². The van der Waals surface area contributed by atoms with Gasteiger partial charge in [-0.15, -0.1) is 0 Å². The molecule has 0 spiro atoms. The molecule has 0 atom stereocenters. The Hall–Kier alpha value is -3.35. The van der Waals surface area contributed by atoms with Gasteiger partial charge in [-0.2, -0.15) is 26.3 Å². The lowest BCUT2D eigenvalue weighted by Gasteiger charge is -2.37. The van der Waals surface area contributed by atoms with Gasteiger partial charge in [0.15, 0.2) is 0 Å². The highest BCUT2D eigenvalue weighted by Crippen LogP contribution is 2.37. The maximum atomic E-state index is 12.9. The number of ether oxygens (including phenoxy) is 1. The first kappa shape index (κ1) is 29.2. The van der Waals surface area contributed by atoms with Crippen molar-refractivity contribution in [3.05, 3.63) is 66.5 Å². The summed E-state index contributed by atoms with van der Waals surface area (Å²) in [7, 11) is 0. The summed E-state index contributed by atoms with van der Waals surface area (Å²) in [5.41, 5.74) is -3.41. The van der Waals surface area contributed by atoms with E-state index in [1.165, 1.54) is 30.6 Å². The predicted molar refractivity (Wildman–Crippen MR) is 147 cm³/mol. The number of hydrogen-bond donors (Lipinski definition) is 1. The Morgan fingerprint density at radius 3 is 2.02 bits per heavy atom. The predicted octanol–water partition coefficient (Wildman–Crippen LogP) is 7.24. The summed E-state index contributed by atoms with van der Waals surface area (Å²) in [6, 6.07) is 13.5. The van der Waals surface area contributed by atoms with Gasteiger partial charge >= 0.3 is 11.7 Å². The Morgan fingerprint density at radius 1 is 0.780 bits per heavy atom. The second kappa shape index (κ2) is 12.3. The van der Waals surface area contributed by atoms with Crippen LogP contribution in [0.25, 0.3) is 0 Å². The second-order valence-corrected chi connectivity index (χ2v) is 11.2. The van der Waals surface area contributed by atoms with Gasteiger partial charge < -0.3 is 19.9 Å². The number of piperazine rings is 1. The summed E-state index contributed by atoms with van der Waals surface area (Å²) in [6.45, 7) is 2.60. The highest BCUT2D eigenvalue weighted by molar-refractivity contribution is 8.00. The smallest absolute Gasteiger partial charge is 0.446 e. The Labute approximate surface area is 238 Å². The SMILES string of the molecule is FC(F)(F)Sc1ccc(NC2CCC(Oc3cc(N4CCN(c5ccc(C(F)(F)F)cc5)CC4)ncn3)CC2)cc1. The van der Waals surface area contributed by atoms with Crippen molar-refractivity contribution >= 4 is 29.0 Å². The van der Waals surface area contributed by atoms with Crippen molar-refractivity contribution in [2.45, 2.75) is 54.4 Å². The summed E-state index contributed by atoms with van der Waals surface area (Å²) < 4.78 is 82.3. The fraction of sp³-hybridized carbons (Fsp3) is 0.429. The van der Waals surface area contributed by atoms with Crippen LogP contribution >= 0.6 is 11.8 Å². The molecule has 41 heavy (non-hydrogen) atoms. The van der Waals surface area contributed by atoms with E-state index in [-0.39, 0.29) is 28.8 Å². The average molecular weight is 598 g/mol. The first-order valence-electron chi connectivity index (χ1n) is 13.3. The minimum atomic E-state index is -4.35. The van der Waals surface area contributed by atoms with Gasteiger partial charge in [0.2, 0.25) is 5.88 Å². The zero-order valence-electron chi connectivity index (χ0n) is 22.0. The first-order valence-corrected chi connectivity index (χ1v) is 14.1. The third kappa shape index (κ3) is 8.11. The molecular weight excluding hydrogens is 568 g/mol. The lowest BCUT2D eigenvalue weighted by Crippen LogP contribution is -2.46. The number of rotatable bonds is 7. The molecule has 2 aromatic carbocycles. The van der Waals surface area contributed by atoms with Gasteiger partial charge in [0.1, 0.15) is 18.2 Å². The minimum Gasteiger partial charge on any atom is -0.474 e. The van der Waals surface area contributed by atoms with Gasteiger partial charge in [-0.25, -0.2) is 9.97 Å². The fourth-order valence-corrected chi connectivity index (χ4v) is 5.65. The van der Waals surface area contributed by atoms with Gasteiger partial charge in [0.25, 0.3) is 0 Å². The highest BCUT2D eigenvalue weighted by Gasteiger charge is 2.31. The first-order chi connectivity index (χ1) is 19.5. The lowest BCUT2D eigenvalue weighted by molar-refractivity contribution is -0.137. The third-order valence-electron chi connectivity index (χ3n) is 7.21. The van der Waals surface area contributed by atoms with Crippen LogP contribution in [0.5, 0.6) is 5.88 Å². The molecule has 2 fully saturated rings. The van der Waals surface area contributed by atoms with Crippen molar-refractivity contribution < 1.29 is 31.1 Å². The molecule has 0 amide bonds. The van der Waals surface area contributed by atoms with Crippen molar-refractivity contribution in [3.8, 4) is 5.88 Å². The maximum absolute atomic E-state index is 12.9. The minimum absolute atomic E-state index is 0.00196. The standard InChI is InChI=1S/C28H29F6N5OS/c29-27(30,31)19-1-7-22(8-2-19)38-13-15-39(16-14-38)25-17-26(36-18-35-25)40-23-9-3-20(4-10-23)37-21-5-11-24(12-6-21)41-28(32,33)34/h1-2,5-8,11-12,17-18,20,23,37H,3-4,9-10,13-16H2. The molecule has 1 saturated carbocycles. The van der Waals surface area contributed by atoms with Crippen LogP contribution in [-0.4, -0.2) is 53.8 Å². The fourth-order valence-electron chi connectivity index (χ4n) is 5.11. The van der Waals surface area contributed by atoms with E-state index in [1.54, 1.807) is 12.1 Å². The summed E-state index contributed by atoms with van der Waals surface area (Å²) in [4.78, 5) is 13.0. The Bertz CT molecular complexity index is 1270. The zero-order valence-corrected chi connectivity index (χ0v) is 22.8. The second-order valence-electron chi connectivity index (χ2n) is 10.0. The van der Waals surface area contributed by atoms with E-state index in [2.05, 4.69) is 25.1 Å². The third-order valence-corrected chi connectivity index (χ3v) is 7.95. The van der Waals surface area contributed by atoms with Gasteiger partial charge in [-0.1, -0.05) is 0 Å². The van der Waals surface area contributed by atoms with Crippen LogP contribution in [0.2, 0.25) is 0 Å². The molecule has 0 unspecified atom stereocenters. The molecule has 6 nitrogen and oxygen atoms in total. The molecule has 5 rings (SSSR count). The number of nitrogens with one attached hydrogen (secondary N) is 1. The van der Waals surface area contributed by atoms with Crippen LogP contribution in [0.3, 0.4) is 0 Å². The number of benzene rings is 2. The zero-order chi connectivity index (χ0) is 29.0. The van der Waals surface area contributed by atoms with E-state index in [4.69, 9.17) is 4.74 Å². The van der Waals surface area contributed by atoms with Crippen molar-refractivity contribution in [2.75, 3.05) is 41.3 Å². The molecule has 1 aliphatic heterocycles. The molecule has 1 aromatic heterocycles. The van der Waals surface area contributed by atoms with Gasteiger partial charge in [-0.3, -0.25) is 0 Å². The Kier molecular flexibility index (Phi) is 8.71. The van der Waals surface area contributed by atoms with Gasteiger partial charge in [0.05, 0.1) is 5.56 Å². The quantitative estimate of drug-likeness (QED) is 0.228. The van der Waals surface area contributed by atoms with Crippen molar-refractivity contribution in [1.82, 2.24) is 9.97 Å². The molecule has 3 aromatic rings. The monoisotopic (exact) mass is 597 g/mol. The van der Waals surface area contributed by atoms with Gasteiger partial charge in [0, 0.05) is 54.6 Å². The largest absolute Gasteiger partial charge is 0.474 e. The molecule has 220 valence electrons. The molecule has 1 aliphatic carbocycles. The van der Waals surface area contributed by atoms with E-state index in [9.17, 15) is 26.3 Å². The van der Waals surface area contributed by atoms with E-state index in [0.717, 1.165) is 55.0 Å². The average Bonchev–Trinajstić information content (AvgIpc) is 2.94. The number of alkyl halides is 6. The lowest BCUT2D eigenvalue weighted by atomic mass is 9.93. The molecule has 2 heterocycles. The molecule has 0 bridgehead atoms. The molecular formula is C28H29F6N5OS. The molecule has 0 radical (unpaired) electrons. The van der Waals surface area contributed by atoms with Crippen LogP contribution in [0.15, 0.2) is 65.8 Å². The molecule has 1 N–H and O–H groups in total. The van der Waals surface area contributed by atoms with Crippen LogP contribution in [-0.2, 0) is 6.18 Å². The summed E-state index contributed by atoms with van der Waals surface area (Å²) >= 11 is -0.124. The number of nitrogens with zero attached hydrogens (tertiary/aromatic N) is 4. The van der Waals surface area contributed by atoms with Crippen LogP contribution < -0.4 is 19.9 Å². The molecule has 1 saturated heterocycles. The number of halogens is 6. The van der Waals surface area contributed by atoms with Crippen molar-refractivity contribution in [1.29, 1.82) is 0 Å². The van der Waals surface area contributed by atoms with E-state index in [1.807, 2.05) is 6.07 Å². The van der Waals surface area contributed by atoms with E-state index >= 15 is 0 Å². The van der Waals surface area contributed by atoms with Crippen molar-refractivity contribution in [3.63, 3.8) is 0 Å². The number of thioether (sulfide) groups is 1. The summed E-state index contributed by atoms with van der Waals surface area (Å²) in [5.74, 6) is 1.24. The van der Waals surface area contributed by atoms with Crippen LogP contribution in [0, 0.1) is 0 Å². The molecule has 13 heteroatoms. The number of aromatic nitrogens is 2. The summed E-state index contributed by atoms with van der Waals surface area (Å²) in [5, 5.41) is 3.40. The summed E-state index contributed by atoms with van der Waals surface area (Å²) in [6.07, 6.45) is 0.451. The Morgan fingerprint density at radius 2 is 1.41 bits per heavy atom. The van der Waals surface area contributed by atoms with Crippen LogP contribution in [0.4, 0.5) is 43.5 Å². The van der Waals surface area contributed by atoms with Crippen LogP contribution in [0.1, 0.15) is 31.2 Å². The molecule has 2 aliphatic rings.